The summed E-state index contributed by atoms with van der Waals surface area (Å²) in [6.07, 6.45) is 9.20. The third kappa shape index (κ3) is 1.66. The lowest BCUT2D eigenvalue weighted by Gasteiger charge is -2.53. The van der Waals surface area contributed by atoms with Gasteiger partial charge in [0, 0.05) is 29.2 Å². The first kappa shape index (κ1) is 29.6. The van der Waals surface area contributed by atoms with E-state index in [4.69, 9.17) is 5.10 Å². The molecule has 0 aromatic heterocycles. The molecule has 1 saturated carbocycles. The summed E-state index contributed by atoms with van der Waals surface area (Å²) in [5.74, 6) is 1.19. The van der Waals surface area contributed by atoms with Gasteiger partial charge in [-0.1, -0.05) is 0 Å². The zero-order valence-corrected chi connectivity index (χ0v) is 38.8. The lowest BCUT2D eigenvalue weighted by molar-refractivity contribution is -0.384. The quantitative estimate of drug-likeness (QED) is 0.101. The van der Waals surface area contributed by atoms with E-state index in [0.717, 1.165) is 11.4 Å². The molecule has 0 saturated heterocycles. The highest BCUT2D eigenvalue weighted by Gasteiger charge is 2.77. The molecule has 6 aliphatic rings. The molecule has 0 amide bonds. The molecular formula is C72H8N3O2. The summed E-state index contributed by atoms with van der Waals surface area (Å²) < 4.78 is 0. The van der Waals surface area contributed by atoms with Crippen molar-refractivity contribution in [2.24, 2.45) is 5.10 Å². The Labute approximate surface area is 419 Å². The van der Waals surface area contributed by atoms with E-state index in [0.29, 0.717) is 0 Å². The maximum absolute atomic E-state index is 12.6. The maximum atomic E-state index is 12.6. The van der Waals surface area contributed by atoms with Gasteiger partial charge in [-0.3, -0.25) is 10.1 Å². The number of nitro groups is 1. The van der Waals surface area contributed by atoms with Crippen LogP contribution in [0.3, 0.4) is 0 Å². The first-order chi connectivity index (χ1) is 38.2. The lowest BCUT2D eigenvalue weighted by atomic mass is 9.50. The number of rotatable bonds is 3. The minimum absolute atomic E-state index is 0.112. The van der Waals surface area contributed by atoms with Crippen molar-refractivity contribution >= 4 is 308 Å². The Morgan fingerprint density at radius 1 is 0.312 bits per heavy atom. The van der Waals surface area contributed by atoms with Crippen molar-refractivity contribution < 1.29 is 4.92 Å². The van der Waals surface area contributed by atoms with E-state index in [9.17, 15) is 10.1 Å². The minimum atomic E-state index is -0.846. The van der Waals surface area contributed by atoms with Crippen LogP contribution >= 0.6 is 0 Å². The minimum Gasteiger partial charge on any atom is -0.258 e. The van der Waals surface area contributed by atoms with Gasteiger partial charge in [-0.05, 0) is 340 Å². The van der Waals surface area contributed by atoms with E-state index in [2.05, 4.69) is 42.8 Å². The fourth-order valence-corrected chi connectivity index (χ4v) is 26.0. The van der Waals surface area contributed by atoms with Crippen LogP contribution in [0.15, 0.2) is 29.4 Å². The Morgan fingerprint density at radius 3 is 0.766 bits per heavy atom. The lowest BCUT2D eigenvalue weighted by Crippen LogP contribution is -2.59. The Balaban J connectivity index is 1.09. The fourth-order valence-electron chi connectivity index (χ4n) is 26.0. The Hall–Kier alpha value is -9.45. The Morgan fingerprint density at radius 2 is 0.532 bits per heavy atom. The topological polar surface area (TPSA) is 58.7 Å². The van der Waals surface area contributed by atoms with Gasteiger partial charge in [0.25, 0.3) is 5.69 Å². The van der Waals surface area contributed by atoms with Crippen molar-refractivity contribution in [2.45, 2.75) is 11.0 Å². The summed E-state index contributed by atoms with van der Waals surface area (Å²) in [4.78, 5) is 12.4. The average molecular weight is 947 g/mol. The van der Waals surface area contributed by atoms with Crippen molar-refractivity contribution in [1.29, 1.82) is 0 Å². The van der Waals surface area contributed by atoms with E-state index in [-0.39, 0.29) is 10.6 Å². The van der Waals surface area contributed by atoms with Gasteiger partial charge >= 0.3 is 0 Å². The number of hydrogen-bond donors (Lipinski definition) is 0. The molecule has 2 spiro atoms. The van der Waals surface area contributed by atoms with Gasteiger partial charge in [0.2, 0.25) is 0 Å². The van der Waals surface area contributed by atoms with E-state index in [1.54, 1.807) is 238 Å². The highest BCUT2D eigenvalue weighted by atomic mass is 16.6. The second-order valence-corrected chi connectivity index (χ2v) is 26.9. The number of hydrazone groups is 1. The third-order valence-corrected chi connectivity index (χ3v) is 26.4. The molecule has 1 heterocycles. The highest BCUT2D eigenvalue weighted by molar-refractivity contribution is 6.82. The summed E-state index contributed by atoms with van der Waals surface area (Å²) in [6.45, 7) is 0. The molecule has 0 unspecified atom stereocenters. The molecule has 29 aromatic carbocycles. The first-order valence-electron chi connectivity index (χ1n) is 27.9. The van der Waals surface area contributed by atoms with Crippen LogP contribution < -0.4 is 5.01 Å². The molecule has 5 radical (unpaired) electrons. The van der Waals surface area contributed by atoms with Gasteiger partial charge in [0.05, 0.1) is 21.7 Å². The largest absolute Gasteiger partial charge is 0.269 e. The number of non-ortho nitro benzene ring substituents is 1. The second kappa shape index (κ2) is 6.90. The molecule has 29 aromatic rings. The number of nitrogens with zero attached hydrogens (tertiary/aromatic N) is 3. The van der Waals surface area contributed by atoms with E-state index < -0.39 is 11.0 Å². The normalized spacial score (nSPS) is 22.8. The SMILES string of the molecule is O=[N+]([O-])c1ccc(N2N=C([C]3[CH][CH][CH][CH]3)C34c5c6c7c8c9c%10c(c%11c%12c3c3c5c5c%13c6c6c7c7c9c9c%14c%10c%10c%11c%11c%12c%12c3c3c5c5c%13c%13c6c6c7c9c7c9c%14c%10c%10c%11c%11c%12c3c3c5c5c%13c6c7c6c9c%10c%11c3c56)C824)cc1. The standard InChI is InChI=1S/C72H8N3O2/c76-75(77)11-7-5-10(6-8-11)74-72-68-62-56-46-34-26-18-14-12-13-16-20(18)28(34)38-32-24(16)25-17(13)21-19-15(12)23-22(14)30-36(26)44-50-40(30)41-31(23)37-27(19)35-29(21)39-33(25)43-42(32)54(48(38)56)64(68)65-55(43)49(39)57-47(35)53-45(37)51(41)59-58(50)66(60(62)52(44)46)71(72,67(59)61(53)63(57)69(65)72)70(73-74)9-3-1-2-4-9/h1-8H. The van der Waals surface area contributed by atoms with Gasteiger partial charge < -0.3 is 0 Å². The smallest absolute Gasteiger partial charge is 0.258 e. The molecular weight excluding hydrogens is 939 g/mol. The maximum Gasteiger partial charge on any atom is 0.269 e. The van der Waals surface area contributed by atoms with Crippen LogP contribution in [0.2, 0.25) is 0 Å². The van der Waals surface area contributed by atoms with Gasteiger partial charge in [-0.25, -0.2) is 5.01 Å². The zero-order chi connectivity index (χ0) is 46.3. The van der Waals surface area contributed by atoms with Crippen molar-refractivity contribution in [2.75, 3.05) is 5.01 Å². The van der Waals surface area contributed by atoms with Crippen LogP contribution in [-0.2, 0) is 11.0 Å². The van der Waals surface area contributed by atoms with Crippen molar-refractivity contribution in [1.82, 2.24) is 0 Å². The summed E-state index contributed by atoms with van der Waals surface area (Å²) in [5, 5.41) is 106. The van der Waals surface area contributed by atoms with Gasteiger partial charge in [0.1, 0.15) is 5.54 Å². The number of nitro benzene ring substituents is 1. The van der Waals surface area contributed by atoms with Crippen LogP contribution in [0.1, 0.15) is 22.3 Å². The van der Waals surface area contributed by atoms with Crippen LogP contribution in [0.4, 0.5) is 11.4 Å². The monoisotopic (exact) mass is 946 g/mol. The van der Waals surface area contributed by atoms with Crippen LogP contribution in [0.5, 0.6) is 0 Å². The summed E-state index contributed by atoms with van der Waals surface area (Å²) in [7, 11) is 0. The summed E-state index contributed by atoms with van der Waals surface area (Å²) >= 11 is 0. The molecule has 77 heavy (non-hydrogen) atoms. The number of anilines is 1. The summed E-state index contributed by atoms with van der Waals surface area (Å²) in [6, 6.07) is 7.61. The fraction of sp³-hybridized carbons (Fsp3) is 0.0278. The van der Waals surface area contributed by atoms with Gasteiger partial charge in [0.15, 0.2) is 0 Å². The van der Waals surface area contributed by atoms with Crippen LogP contribution in [0, 0.1) is 41.7 Å². The molecule has 5 heteroatoms. The van der Waals surface area contributed by atoms with E-state index >= 15 is 0 Å². The first-order valence-corrected chi connectivity index (χ1v) is 27.9. The predicted octanol–water partition coefficient (Wildman–Crippen LogP) is 18.4. The predicted molar refractivity (Wildman–Crippen MR) is 317 cm³/mol. The molecule has 5 aliphatic carbocycles. The second-order valence-electron chi connectivity index (χ2n) is 26.9. The van der Waals surface area contributed by atoms with Crippen LogP contribution in [-0.4, -0.2) is 10.6 Å². The molecule has 35 rings (SSSR count). The summed E-state index contributed by atoms with van der Waals surface area (Å²) in [5.41, 5.74) is 6.60. The Bertz CT molecular complexity index is 7580. The molecule has 0 bridgehead atoms. The van der Waals surface area contributed by atoms with Crippen molar-refractivity contribution in [3.63, 3.8) is 0 Å². The number of hydrogen-bond acceptors (Lipinski definition) is 4. The molecule has 0 N–H and O–H groups in total. The van der Waals surface area contributed by atoms with E-state index in [1.165, 1.54) is 92.8 Å². The Kier molecular flexibility index (Phi) is 2.65. The third-order valence-electron chi connectivity index (χ3n) is 26.4. The van der Waals surface area contributed by atoms with Crippen molar-refractivity contribution in [3.05, 3.63) is 88.2 Å². The van der Waals surface area contributed by atoms with E-state index in [1.807, 2.05) is 0 Å². The molecule has 1 fully saturated rings. The molecule has 323 valence electrons. The highest BCUT2D eigenvalue weighted by Crippen LogP contribution is 2.86. The number of benzene rings is 19. The molecule has 1 aliphatic heterocycles. The van der Waals surface area contributed by atoms with Crippen LogP contribution in [0.25, 0.3) is 291 Å². The van der Waals surface area contributed by atoms with Crippen molar-refractivity contribution in [3.8, 4) is 0 Å². The van der Waals surface area contributed by atoms with Gasteiger partial charge in [-0.2, -0.15) is 5.10 Å². The zero-order valence-electron chi connectivity index (χ0n) is 38.8. The average Bonchev–Trinajstić information content (AvgIpc) is 4.13. The van der Waals surface area contributed by atoms with Gasteiger partial charge in [-0.15, -0.1) is 0 Å². The molecule has 5 nitrogen and oxygen atoms in total. The molecule has 0 atom stereocenters.